The lowest BCUT2D eigenvalue weighted by molar-refractivity contribution is 0.156. The van der Waals surface area contributed by atoms with Crippen molar-refractivity contribution in [3.05, 3.63) is 0 Å². The van der Waals surface area contributed by atoms with Crippen LogP contribution in [0.15, 0.2) is 0 Å². The summed E-state index contributed by atoms with van der Waals surface area (Å²) in [6.45, 7) is 3.29. The highest BCUT2D eigenvalue weighted by Gasteiger charge is 2.20. The SMILES string of the molecule is CC1SCCCC1NCCOC(N)=O. The third kappa shape index (κ3) is 4.19. The van der Waals surface area contributed by atoms with Crippen LogP contribution in [0.4, 0.5) is 4.79 Å². The summed E-state index contributed by atoms with van der Waals surface area (Å²) in [6.07, 6.45) is 1.78. The summed E-state index contributed by atoms with van der Waals surface area (Å²) >= 11 is 2.00. The zero-order valence-corrected chi connectivity index (χ0v) is 9.31. The van der Waals surface area contributed by atoms with Gasteiger partial charge in [-0.05, 0) is 18.6 Å². The molecular formula is C9H18N2O2S. The smallest absolute Gasteiger partial charge is 0.404 e. The second-order valence-corrected chi connectivity index (χ2v) is 4.93. The second kappa shape index (κ2) is 6.14. The lowest BCUT2D eigenvalue weighted by Crippen LogP contribution is -2.41. The van der Waals surface area contributed by atoms with Crippen molar-refractivity contribution in [3.63, 3.8) is 0 Å². The average Bonchev–Trinajstić information content (AvgIpc) is 2.15. The van der Waals surface area contributed by atoms with Crippen molar-refractivity contribution in [2.24, 2.45) is 5.73 Å². The van der Waals surface area contributed by atoms with Crippen LogP contribution in [-0.2, 0) is 4.74 Å². The van der Waals surface area contributed by atoms with Crippen molar-refractivity contribution in [3.8, 4) is 0 Å². The largest absolute Gasteiger partial charge is 0.448 e. The molecule has 5 heteroatoms. The van der Waals surface area contributed by atoms with Gasteiger partial charge in [0.25, 0.3) is 0 Å². The van der Waals surface area contributed by atoms with Crippen LogP contribution >= 0.6 is 11.8 Å². The minimum atomic E-state index is -0.696. The minimum absolute atomic E-state index is 0.364. The van der Waals surface area contributed by atoms with E-state index in [-0.39, 0.29) is 0 Å². The molecule has 0 bridgehead atoms. The Hall–Kier alpha value is -0.420. The number of nitrogens with two attached hydrogens (primary N) is 1. The van der Waals surface area contributed by atoms with Crippen molar-refractivity contribution < 1.29 is 9.53 Å². The Bertz CT molecular complexity index is 190. The maximum Gasteiger partial charge on any atom is 0.404 e. The lowest BCUT2D eigenvalue weighted by Gasteiger charge is -2.29. The Balaban J connectivity index is 2.07. The molecular weight excluding hydrogens is 200 g/mol. The van der Waals surface area contributed by atoms with Crippen molar-refractivity contribution in [1.29, 1.82) is 0 Å². The van der Waals surface area contributed by atoms with E-state index in [1.165, 1.54) is 18.6 Å². The molecule has 3 N–H and O–H groups in total. The summed E-state index contributed by atoms with van der Waals surface area (Å²) in [7, 11) is 0. The lowest BCUT2D eigenvalue weighted by atomic mass is 10.1. The van der Waals surface area contributed by atoms with Gasteiger partial charge in [0.1, 0.15) is 6.61 Å². The molecule has 1 aliphatic heterocycles. The maximum atomic E-state index is 10.3. The van der Waals surface area contributed by atoms with Gasteiger partial charge >= 0.3 is 6.09 Å². The van der Waals surface area contributed by atoms with Gasteiger partial charge in [0.15, 0.2) is 0 Å². The first kappa shape index (κ1) is 11.7. The van der Waals surface area contributed by atoms with Crippen molar-refractivity contribution >= 4 is 17.9 Å². The molecule has 2 unspecified atom stereocenters. The van der Waals surface area contributed by atoms with Crippen molar-refractivity contribution in [2.75, 3.05) is 18.9 Å². The van der Waals surface area contributed by atoms with Crippen molar-refractivity contribution in [1.82, 2.24) is 5.32 Å². The molecule has 1 aliphatic rings. The van der Waals surface area contributed by atoms with Crippen LogP contribution in [-0.4, -0.2) is 36.3 Å². The Kier molecular flexibility index (Phi) is 5.11. The topological polar surface area (TPSA) is 64.3 Å². The van der Waals surface area contributed by atoms with E-state index >= 15 is 0 Å². The molecule has 14 heavy (non-hydrogen) atoms. The fourth-order valence-electron chi connectivity index (χ4n) is 1.59. The van der Waals surface area contributed by atoms with Crippen LogP contribution in [0.2, 0.25) is 0 Å². The average molecular weight is 218 g/mol. The monoisotopic (exact) mass is 218 g/mol. The molecule has 1 heterocycles. The summed E-state index contributed by atoms with van der Waals surface area (Å²) in [5, 5.41) is 4.02. The van der Waals surface area contributed by atoms with E-state index in [1.807, 2.05) is 11.8 Å². The number of primary amides is 1. The predicted molar refractivity (Wildman–Crippen MR) is 58.5 cm³/mol. The molecule has 2 atom stereocenters. The molecule has 82 valence electrons. The number of hydrogen-bond acceptors (Lipinski definition) is 4. The number of thioether (sulfide) groups is 1. The quantitative estimate of drug-likeness (QED) is 0.690. The summed E-state index contributed by atoms with van der Waals surface area (Å²) < 4.78 is 4.64. The Labute approximate surface area is 88.9 Å². The van der Waals surface area contributed by atoms with E-state index in [2.05, 4.69) is 17.0 Å². The molecule has 4 nitrogen and oxygen atoms in total. The molecule has 0 aromatic rings. The van der Waals surface area contributed by atoms with Crippen LogP contribution in [0.5, 0.6) is 0 Å². The van der Waals surface area contributed by atoms with Crippen LogP contribution < -0.4 is 11.1 Å². The Morgan fingerprint density at radius 3 is 3.14 bits per heavy atom. The van der Waals surface area contributed by atoms with Gasteiger partial charge in [0.05, 0.1) is 0 Å². The highest BCUT2D eigenvalue weighted by Crippen LogP contribution is 2.24. The van der Waals surface area contributed by atoms with E-state index in [1.54, 1.807) is 0 Å². The Morgan fingerprint density at radius 1 is 1.71 bits per heavy atom. The van der Waals surface area contributed by atoms with Gasteiger partial charge < -0.3 is 15.8 Å². The zero-order valence-electron chi connectivity index (χ0n) is 8.49. The number of amides is 1. The molecule has 0 aliphatic carbocycles. The van der Waals surface area contributed by atoms with E-state index in [4.69, 9.17) is 5.73 Å². The zero-order chi connectivity index (χ0) is 10.4. The molecule has 0 radical (unpaired) electrons. The third-order valence-corrected chi connectivity index (χ3v) is 3.74. The number of hydrogen-bond donors (Lipinski definition) is 2. The normalized spacial score (nSPS) is 27.2. The van der Waals surface area contributed by atoms with Crippen LogP contribution in [0, 0.1) is 0 Å². The molecule has 1 fully saturated rings. The Morgan fingerprint density at radius 2 is 2.50 bits per heavy atom. The van der Waals surface area contributed by atoms with Crippen LogP contribution in [0.3, 0.4) is 0 Å². The number of nitrogens with one attached hydrogen (secondary N) is 1. The van der Waals surface area contributed by atoms with Crippen LogP contribution in [0.1, 0.15) is 19.8 Å². The molecule has 0 aromatic carbocycles. The summed E-state index contributed by atoms with van der Waals surface area (Å²) in [4.78, 5) is 10.3. The van der Waals surface area contributed by atoms with Gasteiger partial charge in [-0.3, -0.25) is 0 Å². The first-order valence-electron chi connectivity index (χ1n) is 4.97. The first-order valence-corrected chi connectivity index (χ1v) is 6.02. The van der Waals surface area contributed by atoms with Crippen LogP contribution in [0.25, 0.3) is 0 Å². The number of carbonyl (C=O) groups excluding carboxylic acids is 1. The van der Waals surface area contributed by atoms with E-state index < -0.39 is 6.09 Å². The van der Waals surface area contributed by atoms with Gasteiger partial charge in [-0.15, -0.1) is 0 Å². The fourth-order valence-corrected chi connectivity index (χ4v) is 2.76. The third-order valence-electron chi connectivity index (χ3n) is 2.36. The number of ether oxygens (including phenoxy) is 1. The van der Waals surface area contributed by atoms with Gasteiger partial charge in [-0.25, -0.2) is 4.79 Å². The van der Waals surface area contributed by atoms with E-state index in [0.717, 1.165) is 0 Å². The molecule has 1 amide bonds. The fraction of sp³-hybridized carbons (Fsp3) is 0.889. The van der Waals surface area contributed by atoms with Gasteiger partial charge in [0, 0.05) is 17.8 Å². The summed E-state index contributed by atoms with van der Waals surface area (Å²) in [5.41, 5.74) is 4.85. The predicted octanol–water partition coefficient (Wildman–Crippen LogP) is 0.955. The molecule has 1 saturated heterocycles. The molecule has 0 saturated carbocycles. The highest BCUT2D eigenvalue weighted by atomic mass is 32.2. The van der Waals surface area contributed by atoms with Crippen molar-refractivity contribution in [2.45, 2.75) is 31.1 Å². The van der Waals surface area contributed by atoms with Gasteiger partial charge in [0.2, 0.25) is 0 Å². The van der Waals surface area contributed by atoms with E-state index in [9.17, 15) is 4.79 Å². The summed E-state index contributed by atoms with van der Waals surface area (Å²) in [6, 6.07) is 0.547. The standard InChI is InChI=1S/C9H18N2O2S/c1-7-8(3-2-6-14-7)11-4-5-13-9(10)12/h7-8,11H,2-6H2,1H3,(H2,10,12). The van der Waals surface area contributed by atoms with E-state index in [0.29, 0.717) is 24.4 Å². The first-order chi connectivity index (χ1) is 6.70. The number of rotatable bonds is 4. The molecule has 0 aromatic heterocycles. The second-order valence-electron chi connectivity index (χ2n) is 3.45. The number of carbonyl (C=O) groups is 1. The molecule has 1 rings (SSSR count). The minimum Gasteiger partial charge on any atom is -0.448 e. The maximum absolute atomic E-state index is 10.3. The summed E-state index contributed by atoms with van der Waals surface area (Å²) in [5.74, 6) is 1.26. The highest BCUT2D eigenvalue weighted by molar-refractivity contribution is 7.99. The van der Waals surface area contributed by atoms with Gasteiger partial charge in [-0.2, -0.15) is 11.8 Å². The van der Waals surface area contributed by atoms with Gasteiger partial charge in [-0.1, -0.05) is 6.92 Å². The molecule has 0 spiro atoms.